The monoisotopic (exact) mass is 441 g/mol. The maximum Gasteiger partial charge on any atom is 0.327 e. The van der Waals surface area contributed by atoms with Gasteiger partial charge >= 0.3 is 12.0 Å². The molecule has 11 heteroatoms. The first-order valence-electron chi connectivity index (χ1n) is 9.82. The molecule has 0 unspecified atom stereocenters. The summed E-state index contributed by atoms with van der Waals surface area (Å²) < 4.78 is 44.8. The molecule has 2 aliphatic rings. The number of benzene rings is 1. The highest BCUT2D eigenvalue weighted by Gasteiger charge is 2.52. The van der Waals surface area contributed by atoms with Crippen LogP contribution in [0.15, 0.2) is 12.1 Å². The molecule has 8 nitrogen and oxygen atoms in total. The number of ether oxygens (including phenoxy) is 1. The van der Waals surface area contributed by atoms with E-state index in [2.05, 4.69) is 12.2 Å². The molecule has 1 heterocycles. The topological polar surface area (TPSA) is 105 Å². The molecule has 3 rings (SSSR count). The number of urea groups is 1. The van der Waals surface area contributed by atoms with Crippen LogP contribution in [0.1, 0.15) is 39.5 Å². The standard InChI is InChI=1S/C20H22F3N3O5/c1-10-5-7-20(8-6-10)18(29)26(19(30)25-20)9-14(27)31-11(2)17(28)24-13-4-3-12(21)15(22)16(13)23/h3-4,10-11H,5-9H2,1-2H3,(H,24,28)(H,25,30)/t10?,11-,20?/m1/s1. The van der Waals surface area contributed by atoms with Gasteiger partial charge in [-0.25, -0.2) is 18.0 Å². The summed E-state index contributed by atoms with van der Waals surface area (Å²) in [4.78, 5) is 50.0. The molecule has 2 N–H and O–H groups in total. The van der Waals surface area contributed by atoms with Crippen molar-refractivity contribution in [2.75, 3.05) is 11.9 Å². The third-order valence-corrected chi connectivity index (χ3v) is 5.63. The largest absolute Gasteiger partial charge is 0.451 e. The Kier molecular flexibility index (Phi) is 6.23. The molecule has 1 spiro atoms. The number of esters is 1. The van der Waals surface area contributed by atoms with E-state index in [4.69, 9.17) is 4.74 Å². The van der Waals surface area contributed by atoms with E-state index >= 15 is 0 Å². The smallest absolute Gasteiger partial charge is 0.327 e. The Morgan fingerprint density at radius 2 is 1.87 bits per heavy atom. The van der Waals surface area contributed by atoms with Crippen LogP contribution in [0.25, 0.3) is 0 Å². The highest BCUT2D eigenvalue weighted by Crippen LogP contribution is 2.36. The lowest BCUT2D eigenvalue weighted by Gasteiger charge is -2.33. The third kappa shape index (κ3) is 4.49. The summed E-state index contributed by atoms with van der Waals surface area (Å²) in [5, 5.41) is 4.65. The summed E-state index contributed by atoms with van der Waals surface area (Å²) in [7, 11) is 0. The second-order valence-corrected chi connectivity index (χ2v) is 7.93. The van der Waals surface area contributed by atoms with Gasteiger partial charge in [0.2, 0.25) is 0 Å². The minimum atomic E-state index is -1.76. The predicted octanol–water partition coefficient (Wildman–Crippen LogP) is 2.47. The van der Waals surface area contributed by atoms with Crippen molar-refractivity contribution in [2.45, 2.75) is 51.2 Å². The van der Waals surface area contributed by atoms with Crippen molar-refractivity contribution in [1.29, 1.82) is 0 Å². The predicted molar refractivity (Wildman–Crippen MR) is 101 cm³/mol. The van der Waals surface area contributed by atoms with Crippen molar-refractivity contribution in [1.82, 2.24) is 10.2 Å². The zero-order chi connectivity index (χ0) is 22.9. The van der Waals surface area contributed by atoms with Gasteiger partial charge < -0.3 is 15.4 Å². The lowest BCUT2D eigenvalue weighted by atomic mass is 9.77. The Hall–Kier alpha value is -3.11. The van der Waals surface area contributed by atoms with Crippen LogP contribution < -0.4 is 10.6 Å². The van der Waals surface area contributed by atoms with Gasteiger partial charge in [0, 0.05) is 0 Å². The van der Waals surface area contributed by atoms with Gasteiger partial charge in [0.05, 0.1) is 5.69 Å². The van der Waals surface area contributed by atoms with Gasteiger partial charge in [0.25, 0.3) is 11.8 Å². The summed E-state index contributed by atoms with van der Waals surface area (Å²) in [6.07, 6.45) is 1.03. The van der Waals surface area contributed by atoms with Crippen molar-refractivity contribution in [2.24, 2.45) is 5.92 Å². The van der Waals surface area contributed by atoms with Crippen molar-refractivity contribution >= 4 is 29.5 Å². The summed E-state index contributed by atoms with van der Waals surface area (Å²) in [5.41, 5.74) is -1.65. The lowest BCUT2D eigenvalue weighted by molar-refractivity contribution is -0.155. The quantitative estimate of drug-likeness (QED) is 0.415. The van der Waals surface area contributed by atoms with Crippen LogP contribution in [0.2, 0.25) is 0 Å². The van der Waals surface area contributed by atoms with E-state index in [1.54, 1.807) is 0 Å². The van der Waals surface area contributed by atoms with Gasteiger partial charge in [-0.15, -0.1) is 0 Å². The van der Waals surface area contributed by atoms with Crippen LogP contribution in [-0.4, -0.2) is 46.9 Å². The summed E-state index contributed by atoms with van der Waals surface area (Å²) in [6.45, 7) is 2.53. The van der Waals surface area contributed by atoms with Crippen molar-refractivity contribution in [3.05, 3.63) is 29.6 Å². The van der Waals surface area contributed by atoms with Crippen LogP contribution in [0.5, 0.6) is 0 Å². The maximum absolute atomic E-state index is 13.7. The lowest BCUT2D eigenvalue weighted by Crippen LogP contribution is -2.49. The van der Waals surface area contributed by atoms with Crippen molar-refractivity contribution in [3.8, 4) is 0 Å². The van der Waals surface area contributed by atoms with Crippen LogP contribution in [0.3, 0.4) is 0 Å². The first-order chi connectivity index (χ1) is 14.5. The number of hydrogen-bond donors (Lipinski definition) is 2. The summed E-state index contributed by atoms with van der Waals surface area (Å²) in [5.74, 6) is -6.89. The number of nitrogens with zero attached hydrogens (tertiary/aromatic N) is 1. The summed E-state index contributed by atoms with van der Waals surface area (Å²) >= 11 is 0. The maximum atomic E-state index is 13.7. The van der Waals surface area contributed by atoms with Gasteiger partial charge in [-0.1, -0.05) is 6.92 Å². The number of nitrogens with one attached hydrogen (secondary N) is 2. The van der Waals surface area contributed by atoms with Crippen LogP contribution in [0, 0.1) is 23.4 Å². The minimum absolute atomic E-state index is 0.438. The molecular weight excluding hydrogens is 419 g/mol. The Bertz CT molecular complexity index is 931. The highest BCUT2D eigenvalue weighted by molar-refractivity contribution is 6.08. The molecule has 0 bridgehead atoms. The van der Waals surface area contributed by atoms with Crippen molar-refractivity contribution in [3.63, 3.8) is 0 Å². The van der Waals surface area contributed by atoms with Crippen molar-refractivity contribution < 1.29 is 37.1 Å². The molecular formula is C20H22F3N3O5. The van der Waals surface area contributed by atoms with E-state index in [1.165, 1.54) is 6.92 Å². The number of anilines is 1. The van der Waals surface area contributed by atoms with E-state index < -0.39 is 65.1 Å². The van der Waals surface area contributed by atoms with E-state index in [-0.39, 0.29) is 0 Å². The fraction of sp³-hybridized carbons (Fsp3) is 0.500. The Morgan fingerprint density at radius 1 is 1.23 bits per heavy atom. The Balaban J connectivity index is 1.58. The minimum Gasteiger partial charge on any atom is -0.451 e. The zero-order valence-electron chi connectivity index (χ0n) is 17.0. The molecule has 1 aromatic carbocycles. The zero-order valence-corrected chi connectivity index (χ0v) is 17.0. The fourth-order valence-corrected chi connectivity index (χ4v) is 3.69. The average Bonchev–Trinajstić information content (AvgIpc) is 2.94. The fourth-order valence-electron chi connectivity index (χ4n) is 3.69. The Morgan fingerprint density at radius 3 is 2.52 bits per heavy atom. The molecule has 4 amide bonds. The molecule has 1 aliphatic heterocycles. The van der Waals surface area contributed by atoms with E-state index in [9.17, 15) is 32.3 Å². The molecule has 31 heavy (non-hydrogen) atoms. The molecule has 1 aromatic rings. The number of hydrogen-bond acceptors (Lipinski definition) is 5. The second-order valence-electron chi connectivity index (χ2n) is 7.93. The average molecular weight is 441 g/mol. The van der Waals surface area contributed by atoms with Crippen LogP contribution >= 0.6 is 0 Å². The van der Waals surface area contributed by atoms with Crippen LogP contribution in [-0.2, 0) is 19.1 Å². The number of imide groups is 1. The molecule has 0 aromatic heterocycles. The summed E-state index contributed by atoms with van der Waals surface area (Å²) in [6, 6.07) is 0.736. The van der Waals surface area contributed by atoms with Gasteiger partial charge in [0.1, 0.15) is 12.1 Å². The van der Waals surface area contributed by atoms with Gasteiger partial charge in [0.15, 0.2) is 23.6 Å². The van der Waals surface area contributed by atoms with Gasteiger partial charge in [-0.2, -0.15) is 0 Å². The molecule has 0 radical (unpaired) electrons. The number of carbonyl (C=O) groups is 4. The number of rotatable bonds is 5. The second kappa shape index (κ2) is 8.56. The normalized spacial score (nSPS) is 24.2. The molecule has 1 atom stereocenters. The number of carbonyl (C=O) groups excluding carboxylic acids is 4. The third-order valence-electron chi connectivity index (χ3n) is 5.63. The molecule has 1 saturated heterocycles. The molecule has 1 aliphatic carbocycles. The molecule has 1 saturated carbocycles. The number of amides is 4. The van der Waals surface area contributed by atoms with Gasteiger partial charge in [-0.3, -0.25) is 19.3 Å². The molecule has 168 valence electrons. The molecule has 2 fully saturated rings. The van der Waals surface area contributed by atoms with Gasteiger partial charge in [-0.05, 0) is 50.7 Å². The van der Waals surface area contributed by atoms with E-state index in [1.807, 2.05) is 5.32 Å². The van der Waals surface area contributed by atoms with E-state index in [0.29, 0.717) is 24.8 Å². The number of halogens is 3. The SMILES string of the molecule is CC1CCC2(CC1)NC(=O)N(CC(=O)O[C@H](C)C(=O)Nc1ccc(F)c(F)c1F)C2=O. The Labute approximate surface area is 176 Å². The first kappa shape index (κ1) is 22.6. The van der Waals surface area contributed by atoms with E-state index in [0.717, 1.165) is 23.8 Å². The highest BCUT2D eigenvalue weighted by atomic mass is 19.2. The first-order valence-corrected chi connectivity index (χ1v) is 9.82. The van der Waals surface area contributed by atoms with Crippen LogP contribution in [0.4, 0.5) is 23.7 Å².